The number of piperidine rings is 1. The largest absolute Gasteiger partial charge is 0.377 e. The molecule has 3 rings (SSSR count). The second-order valence-electron chi connectivity index (χ2n) is 6.43. The molecular weight excluding hydrogens is 280 g/mol. The smallest absolute Gasteiger partial charge is 0.226 e. The maximum Gasteiger partial charge on any atom is 0.226 e. The highest BCUT2D eigenvalue weighted by molar-refractivity contribution is 4.88. The van der Waals surface area contributed by atoms with E-state index < -0.39 is 0 Å². The average Bonchev–Trinajstić information content (AvgIpc) is 3.02. The van der Waals surface area contributed by atoms with Gasteiger partial charge >= 0.3 is 0 Å². The molecule has 2 saturated heterocycles. The molecule has 0 aromatic carbocycles. The highest BCUT2D eigenvalue weighted by Gasteiger charge is 2.22. The van der Waals surface area contributed by atoms with E-state index in [1.807, 2.05) is 6.92 Å². The number of aromatic nitrogens is 2. The van der Waals surface area contributed by atoms with E-state index in [0.717, 1.165) is 50.9 Å². The molecule has 0 bridgehead atoms. The highest BCUT2D eigenvalue weighted by Crippen LogP contribution is 2.15. The maximum absolute atomic E-state index is 5.80. The van der Waals surface area contributed by atoms with Crippen LogP contribution in [0.3, 0.4) is 0 Å². The Morgan fingerprint density at radius 1 is 1.27 bits per heavy atom. The van der Waals surface area contributed by atoms with Crippen molar-refractivity contribution >= 4 is 0 Å². The van der Waals surface area contributed by atoms with E-state index in [0.29, 0.717) is 12.1 Å². The van der Waals surface area contributed by atoms with E-state index in [9.17, 15) is 0 Å². The number of nitrogens with one attached hydrogen (secondary N) is 1. The van der Waals surface area contributed by atoms with Crippen molar-refractivity contribution in [2.24, 2.45) is 0 Å². The molecule has 0 saturated carbocycles. The van der Waals surface area contributed by atoms with Gasteiger partial charge in [0.15, 0.2) is 5.82 Å². The lowest BCUT2D eigenvalue weighted by molar-refractivity contribution is 0.0134. The number of ether oxygens (including phenoxy) is 1. The Kier molecular flexibility index (Phi) is 5.81. The maximum atomic E-state index is 5.80. The number of rotatable bonds is 6. The Labute approximate surface area is 132 Å². The molecule has 1 aromatic rings. The predicted octanol–water partition coefficient (Wildman–Crippen LogP) is 1.76. The molecule has 0 unspecified atom stereocenters. The fourth-order valence-corrected chi connectivity index (χ4v) is 3.33. The molecule has 1 N–H and O–H groups in total. The van der Waals surface area contributed by atoms with Crippen molar-refractivity contribution in [2.75, 3.05) is 26.2 Å². The summed E-state index contributed by atoms with van der Waals surface area (Å²) in [6.45, 7) is 6.92. The number of likely N-dealkylation sites (tertiary alicyclic amines) is 1. The monoisotopic (exact) mass is 308 g/mol. The molecular formula is C16H28N4O2. The Balaban J connectivity index is 1.42. The zero-order chi connectivity index (χ0) is 15.2. The van der Waals surface area contributed by atoms with Crippen molar-refractivity contribution in [3.8, 4) is 0 Å². The average molecular weight is 308 g/mol. The summed E-state index contributed by atoms with van der Waals surface area (Å²) in [7, 11) is 0. The first-order chi connectivity index (χ1) is 10.8. The second-order valence-corrected chi connectivity index (χ2v) is 6.43. The number of aryl methyl sites for hydroxylation is 1. The highest BCUT2D eigenvalue weighted by atomic mass is 16.5. The first-order valence-corrected chi connectivity index (χ1v) is 8.72. The molecule has 2 fully saturated rings. The standard InChI is InChI=1S/C16H28N4O2/c1-2-16-18-15(19-22-16)12-20-8-5-6-13(11-20)17-10-14-7-3-4-9-21-14/h13-14,17H,2-12H2,1H3/t13-,14-/m0/s1. The normalized spacial score (nSPS) is 27.1. The minimum atomic E-state index is 0.411. The number of hydrogen-bond donors (Lipinski definition) is 1. The van der Waals surface area contributed by atoms with Gasteiger partial charge < -0.3 is 14.6 Å². The van der Waals surface area contributed by atoms with E-state index in [-0.39, 0.29) is 0 Å². The van der Waals surface area contributed by atoms with Gasteiger partial charge in [-0.15, -0.1) is 0 Å². The van der Waals surface area contributed by atoms with Crippen LogP contribution in [0.2, 0.25) is 0 Å². The van der Waals surface area contributed by atoms with Crippen molar-refractivity contribution in [2.45, 2.75) is 64.1 Å². The second kappa shape index (κ2) is 8.04. The summed E-state index contributed by atoms with van der Waals surface area (Å²) in [6, 6.07) is 0.553. The van der Waals surface area contributed by atoms with E-state index in [1.165, 1.54) is 32.1 Å². The molecule has 0 radical (unpaired) electrons. The van der Waals surface area contributed by atoms with Crippen LogP contribution in [0.15, 0.2) is 4.52 Å². The molecule has 0 aliphatic carbocycles. The first kappa shape index (κ1) is 15.9. The summed E-state index contributed by atoms with van der Waals surface area (Å²) in [4.78, 5) is 6.83. The predicted molar refractivity (Wildman–Crippen MR) is 83.6 cm³/mol. The van der Waals surface area contributed by atoms with E-state index >= 15 is 0 Å². The Morgan fingerprint density at radius 2 is 2.23 bits per heavy atom. The van der Waals surface area contributed by atoms with Crippen LogP contribution in [0.4, 0.5) is 0 Å². The Morgan fingerprint density at radius 3 is 3.00 bits per heavy atom. The molecule has 1 aromatic heterocycles. The summed E-state index contributed by atoms with van der Waals surface area (Å²) in [5.74, 6) is 1.55. The van der Waals surface area contributed by atoms with E-state index in [2.05, 4.69) is 20.4 Å². The van der Waals surface area contributed by atoms with Crippen molar-refractivity contribution in [3.63, 3.8) is 0 Å². The Hall–Kier alpha value is -0.980. The van der Waals surface area contributed by atoms with Crippen LogP contribution in [-0.2, 0) is 17.7 Å². The van der Waals surface area contributed by atoms with Gasteiger partial charge in [0.05, 0.1) is 12.6 Å². The summed E-state index contributed by atoms with van der Waals surface area (Å²) >= 11 is 0. The van der Waals surface area contributed by atoms with Gasteiger partial charge in [0.25, 0.3) is 0 Å². The summed E-state index contributed by atoms with van der Waals surface area (Å²) in [5, 5.41) is 7.75. The van der Waals surface area contributed by atoms with Crippen LogP contribution in [0, 0.1) is 0 Å². The number of nitrogens with zero attached hydrogens (tertiary/aromatic N) is 3. The minimum absolute atomic E-state index is 0.411. The number of hydrogen-bond acceptors (Lipinski definition) is 6. The third kappa shape index (κ3) is 4.51. The van der Waals surface area contributed by atoms with Crippen molar-refractivity contribution in [1.29, 1.82) is 0 Å². The summed E-state index contributed by atoms with van der Waals surface area (Å²) < 4.78 is 11.0. The molecule has 2 aliphatic heterocycles. The van der Waals surface area contributed by atoms with Gasteiger partial charge in [-0.05, 0) is 38.6 Å². The first-order valence-electron chi connectivity index (χ1n) is 8.72. The van der Waals surface area contributed by atoms with Gasteiger partial charge in [-0.3, -0.25) is 4.90 Å². The van der Waals surface area contributed by atoms with Gasteiger partial charge in [-0.1, -0.05) is 12.1 Å². The van der Waals surface area contributed by atoms with Crippen LogP contribution in [0.1, 0.15) is 50.7 Å². The van der Waals surface area contributed by atoms with Gasteiger partial charge in [-0.25, -0.2) is 0 Å². The van der Waals surface area contributed by atoms with Crippen molar-refractivity contribution in [3.05, 3.63) is 11.7 Å². The third-order valence-corrected chi connectivity index (χ3v) is 4.59. The molecule has 0 spiro atoms. The SMILES string of the molecule is CCc1nc(CN2CCC[C@H](NC[C@@H]3CCCCO3)C2)no1. The van der Waals surface area contributed by atoms with Gasteiger partial charge in [0.2, 0.25) is 5.89 Å². The zero-order valence-corrected chi connectivity index (χ0v) is 13.6. The lowest BCUT2D eigenvalue weighted by atomic mass is 10.0. The molecule has 2 aliphatic rings. The quantitative estimate of drug-likeness (QED) is 0.864. The van der Waals surface area contributed by atoms with Gasteiger partial charge in [0.1, 0.15) is 0 Å². The van der Waals surface area contributed by atoms with E-state index in [4.69, 9.17) is 9.26 Å². The lowest BCUT2D eigenvalue weighted by Gasteiger charge is -2.33. The lowest BCUT2D eigenvalue weighted by Crippen LogP contribution is -2.47. The van der Waals surface area contributed by atoms with Crippen LogP contribution >= 0.6 is 0 Å². The van der Waals surface area contributed by atoms with E-state index in [1.54, 1.807) is 0 Å². The van der Waals surface area contributed by atoms with Crippen molar-refractivity contribution in [1.82, 2.24) is 20.4 Å². The summed E-state index contributed by atoms with van der Waals surface area (Å²) in [6.07, 6.45) is 7.41. The topological polar surface area (TPSA) is 63.4 Å². The Bertz CT molecular complexity index is 445. The minimum Gasteiger partial charge on any atom is -0.377 e. The van der Waals surface area contributed by atoms with Gasteiger partial charge in [0, 0.05) is 32.2 Å². The molecule has 22 heavy (non-hydrogen) atoms. The van der Waals surface area contributed by atoms with Crippen LogP contribution in [0.5, 0.6) is 0 Å². The molecule has 6 nitrogen and oxygen atoms in total. The van der Waals surface area contributed by atoms with Crippen LogP contribution in [0.25, 0.3) is 0 Å². The fourth-order valence-electron chi connectivity index (χ4n) is 3.33. The molecule has 6 heteroatoms. The van der Waals surface area contributed by atoms with Gasteiger partial charge in [-0.2, -0.15) is 4.98 Å². The molecule has 2 atom stereocenters. The third-order valence-electron chi connectivity index (χ3n) is 4.59. The van der Waals surface area contributed by atoms with Crippen LogP contribution in [-0.4, -0.2) is 53.4 Å². The zero-order valence-electron chi connectivity index (χ0n) is 13.6. The summed E-state index contributed by atoms with van der Waals surface area (Å²) in [5.41, 5.74) is 0. The molecule has 0 amide bonds. The van der Waals surface area contributed by atoms with Crippen molar-refractivity contribution < 1.29 is 9.26 Å². The van der Waals surface area contributed by atoms with Crippen LogP contribution < -0.4 is 5.32 Å². The fraction of sp³-hybridized carbons (Fsp3) is 0.875. The molecule has 3 heterocycles. The molecule has 124 valence electrons.